The van der Waals surface area contributed by atoms with Crippen molar-refractivity contribution < 1.29 is 0 Å². The predicted molar refractivity (Wildman–Crippen MR) is 246 cm³/mol. The molecule has 0 aliphatic heterocycles. The van der Waals surface area contributed by atoms with Crippen molar-refractivity contribution >= 4 is 5.57 Å². The number of benzene rings is 2. The standard InChI is InChI=1S/C57H70/c1-37-33-38(2)45(34-37)47-39(3)56(15)44(36-55(14)53(12)31-18-17-29-51(53,10)52(11)30-19-20-32-54(52,13)57(55,56)16)35-46(47)48(40-21-25-42(26-22-40)49(4,5)6)41-23-27-43(28-24-41)50(7,8)9/h17-35,38H,36H2,1-16H3. The highest BCUT2D eigenvalue weighted by atomic mass is 14.9. The van der Waals surface area contributed by atoms with Crippen LogP contribution in [0.4, 0.5) is 0 Å². The molecule has 2 aromatic rings. The summed E-state index contributed by atoms with van der Waals surface area (Å²) in [4.78, 5) is 0. The first-order valence-electron chi connectivity index (χ1n) is 21.9. The van der Waals surface area contributed by atoms with Gasteiger partial charge in [0.05, 0.1) is 0 Å². The molecule has 0 N–H and O–H groups in total. The fraction of sp³-hybridized carbons (Fsp3) is 0.474. The molecule has 0 saturated heterocycles. The van der Waals surface area contributed by atoms with Crippen molar-refractivity contribution in [1.82, 2.24) is 0 Å². The Labute approximate surface area is 347 Å². The summed E-state index contributed by atoms with van der Waals surface area (Å²) < 4.78 is 0. The lowest BCUT2D eigenvalue weighted by Crippen LogP contribution is -2.74. The maximum Gasteiger partial charge on any atom is 0.0170 e. The van der Waals surface area contributed by atoms with Gasteiger partial charge in [-0.1, -0.05) is 229 Å². The van der Waals surface area contributed by atoms with Gasteiger partial charge in [0, 0.05) is 33.0 Å². The fourth-order valence-electron chi connectivity index (χ4n) is 14.0. The molecule has 8 unspecified atom stereocenters. The van der Waals surface area contributed by atoms with E-state index >= 15 is 0 Å². The first kappa shape index (κ1) is 39.9. The van der Waals surface area contributed by atoms with Crippen molar-refractivity contribution in [2.24, 2.45) is 43.8 Å². The second-order valence-electron chi connectivity index (χ2n) is 22.4. The summed E-state index contributed by atoms with van der Waals surface area (Å²) in [5.74, 6) is 0.328. The van der Waals surface area contributed by atoms with Gasteiger partial charge in [-0.2, -0.15) is 0 Å². The van der Waals surface area contributed by atoms with E-state index in [0.717, 1.165) is 6.42 Å². The third kappa shape index (κ3) is 4.74. The number of fused-ring (bicyclic) bond motifs is 8. The third-order valence-corrected chi connectivity index (χ3v) is 18.4. The molecule has 6 aliphatic rings. The van der Waals surface area contributed by atoms with Crippen LogP contribution in [0.15, 0.2) is 149 Å². The average molecular weight is 755 g/mol. The van der Waals surface area contributed by atoms with Crippen LogP contribution in [0.3, 0.4) is 0 Å². The van der Waals surface area contributed by atoms with Gasteiger partial charge in [-0.05, 0) is 86.5 Å². The van der Waals surface area contributed by atoms with E-state index < -0.39 is 0 Å². The average Bonchev–Trinajstić information content (AvgIpc) is 3.57. The van der Waals surface area contributed by atoms with Crippen molar-refractivity contribution in [3.63, 3.8) is 0 Å². The van der Waals surface area contributed by atoms with Gasteiger partial charge >= 0.3 is 0 Å². The van der Waals surface area contributed by atoms with E-state index in [1.807, 2.05) is 0 Å². The molecule has 298 valence electrons. The summed E-state index contributed by atoms with van der Waals surface area (Å²) in [6, 6.07) is 19.1. The molecule has 2 saturated carbocycles. The van der Waals surface area contributed by atoms with Gasteiger partial charge < -0.3 is 0 Å². The van der Waals surface area contributed by atoms with E-state index in [4.69, 9.17) is 0 Å². The van der Waals surface area contributed by atoms with E-state index in [0.29, 0.717) is 5.92 Å². The molecular formula is C57H70. The zero-order chi connectivity index (χ0) is 41.6. The van der Waals surface area contributed by atoms with E-state index in [-0.39, 0.29) is 48.7 Å². The lowest BCUT2D eigenvalue weighted by molar-refractivity contribution is -0.261. The maximum absolute atomic E-state index is 2.73. The summed E-state index contributed by atoms with van der Waals surface area (Å²) in [6.45, 7) is 39.7. The number of allylic oxidation sites excluding steroid dienone is 17. The highest BCUT2D eigenvalue weighted by Gasteiger charge is 2.84. The van der Waals surface area contributed by atoms with Crippen LogP contribution in [0.2, 0.25) is 0 Å². The molecule has 8 rings (SSSR count). The predicted octanol–water partition coefficient (Wildman–Crippen LogP) is 15.6. The smallest absolute Gasteiger partial charge is 0.0170 e. The first-order chi connectivity index (χ1) is 26.4. The van der Waals surface area contributed by atoms with Gasteiger partial charge in [-0.3, -0.25) is 0 Å². The molecule has 6 aliphatic carbocycles. The van der Waals surface area contributed by atoms with Crippen LogP contribution >= 0.6 is 0 Å². The zero-order valence-electron chi connectivity index (χ0n) is 38.3. The lowest BCUT2D eigenvalue weighted by atomic mass is 9.24. The third-order valence-electron chi connectivity index (χ3n) is 18.4. The second-order valence-corrected chi connectivity index (χ2v) is 22.4. The SMILES string of the molecule is CC1=CC(C)C(C2=C(C)C3(C)C(=CC2=C(c2ccc(C(C)(C)C)cc2)c2ccc(C(C)(C)C)cc2)CC2(C)C4(C)C=CC=CC4(C)C4(C)C=CC=CC4(C)C32C)=C1. The van der Waals surface area contributed by atoms with Crippen molar-refractivity contribution in [1.29, 1.82) is 0 Å². The summed E-state index contributed by atoms with van der Waals surface area (Å²) in [6.07, 6.45) is 28.6. The molecule has 0 heteroatoms. The molecule has 0 aromatic heterocycles. The van der Waals surface area contributed by atoms with Crippen LogP contribution < -0.4 is 0 Å². The minimum absolute atomic E-state index is 0.0745. The van der Waals surface area contributed by atoms with E-state index in [1.165, 1.54) is 55.7 Å². The van der Waals surface area contributed by atoms with Gasteiger partial charge in [0.2, 0.25) is 0 Å². The first-order valence-corrected chi connectivity index (χ1v) is 21.9. The van der Waals surface area contributed by atoms with Crippen LogP contribution in [0.1, 0.15) is 139 Å². The van der Waals surface area contributed by atoms with Crippen LogP contribution in [-0.2, 0) is 10.8 Å². The number of hydrogen-bond donors (Lipinski definition) is 0. The van der Waals surface area contributed by atoms with Gasteiger partial charge in [-0.15, -0.1) is 0 Å². The van der Waals surface area contributed by atoms with Crippen molar-refractivity contribution in [3.8, 4) is 0 Å². The van der Waals surface area contributed by atoms with Crippen molar-refractivity contribution in [3.05, 3.63) is 171 Å². The Morgan fingerprint density at radius 2 is 1.02 bits per heavy atom. The van der Waals surface area contributed by atoms with Crippen LogP contribution in [-0.4, -0.2) is 0 Å². The van der Waals surface area contributed by atoms with Crippen LogP contribution in [0.5, 0.6) is 0 Å². The van der Waals surface area contributed by atoms with Crippen molar-refractivity contribution in [2.45, 2.75) is 128 Å². The van der Waals surface area contributed by atoms with Gasteiger partial charge in [0.1, 0.15) is 0 Å². The molecule has 0 bridgehead atoms. The molecule has 0 amide bonds. The lowest BCUT2D eigenvalue weighted by Gasteiger charge is -2.79. The summed E-state index contributed by atoms with van der Waals surface area (Å²) in [7, 11) is 0. The maximum atomic E-state index is 2.73. The van der Waals surface area contributed by atoms with Gasteiger partial charge in [-0.25, -0.2) is 0 Å². The minimum Gasteiger partial charge on any atom is -0.0771 e. The van der Waals surface area contributed by atoms with Gasteiger partial charge in [0.25, 0.3) is 0 Å². The van der Waals surface area contributed by atoms with Crippen molar-refractivity contribution in [2.75, 3.05) is 0 Å². The summed E-state index contributed by atoms with van der Waals surface area (Å²) in [5.41, 5.74) is 14.7. The van der Waals surface area contributed by atoms with Crippen LogP contribution in [0, 0.1) is 43.8 Å². The fourth-order valence-corrected chi connectivity index (χ4v) is 14.0. The summed E-state index contributed by atoms with van der Waals surface area (Å²) in [5, 5.41) is 0. The van der Waals surface area contributed by atoms with Gasteiger partial charge in [0.15, 0.2) is 0 Å². The molecule has 8 atom stereocenters. The molecule has 0 nitrogen and oxygen atoms in total. The highest BCUT2D eigenvalue weighted by Crippen LogP contribution is 2.90. The number of hydrogen-bond acceptors (Lipinski definition) is 0. The molecule has 0 heterocycles. The zero-order valence-corrected chi connectivity index (χ0v) is 38.3. The van der Waals surface area contributed by atoms with E-state index in [1.54, 1.807) is 5.57 Å². The Morgan fingerprint density at radius 3 is 1.46 bits per heavy atom. The Kier molecular flexibility index (Phi) is 8.46. The van der Waals surface area contributed by atoms with Crippen LogP contribution in [0.25, 0.3) is 5.57 Å². The second kappa shape index (κ2) is 12.1. The summed E-state index contributed by atoms with van der Waals surface area (Å²) >= 11 is 0. The molecule has 57 heavy (non-hydrogen) atoms. The minimum atomic E-state index is -0.209. The Balaban J connectivity index is 1.50. The topological polar surface area (TPSA) is 0 Å². The monoisotopic (exact) mass is 755 g/mol. The Hall–Kier alpha value is -3.90. The Bertz CT molecular complexity index is 2280. The molecular weight excluding hydrogens is 685 g/mol. The quantitative estimate of drug-likeness (QED) is 0.293. The molecule has 2 fully saturated rings. The van der Waals surface area contributed by atoms with E-state index in [2.05, 4.69) is 226 Å². The molecule has 0 radical (unpaired) electrons. The molecule has 2 aromatic carbocycles. The highest BCUT2D eigenvalue weighted by molar-refractivity contribution is 5.90. The van der Waals surface area contributed by atoms with E-state index in [9.17, 15) is 0 Å². The number of rotatable bonds is 3. The Morgan fingerprint density at radius 1 is 0.579 bits per heavy atom. The molecule has 0 spiro atoms. The normalized spacial score (nSPS) is 38.0. The largest absolute Gasteiger partial charge is 0.0771 e.